The first-order valence-electron chi connectivity index (χ1n) is 7.97. The number of nitrogens with one attached hydrogen (secondary N) is 2. The molecule has 0 bridgehead atoms. The van der Waals surface area contributed by atoms with Crippen LogP contribution in [0.3, 0.4) is 0 Å². The van der Waals surface area contributed by atoms with Gasteiger partial charge in [0.1, 0.15) is 11.4 Å². The molecule has 0 aliphatic rings. The van der Waals surface area contributed by atoms with Crippen molar-refractivity contribution < 1.29 is 18.7 Å². The summed E-state index contributed by atoms with van der Waals surface area (Å²) in [7, 11) is 0. The number of aromatic amines is 1. The van der Waals surface area contributed by atoms with E-state index >= 15 is 0 Å². The maximum atomic E-state index is 13.2. The largest absolute Gasteiger partial charge is 0.452 e. The third-order valence-corrected chi connectivity index (χ3v) is 4.65. The number of carbonyl (C=O) groups excluding carboxylic acids is 2. The number of H-pyrrole nitrogens is 1. The highest BCUT2D eigenvalue weighted by molar-refractivity contribution is 7.10. The fourth-order valence-corrected chi connectivity index (χ4v) is 3.23. The van der Waals surface area contributed by atoms with Gasteiger partial charge in [0.15, 0.2) is 6.61 Å². The molecule has 0 aliphatic carbocycles. The van der Waals surface area contributed by atoms with Gasteiger partial charge in [0.2, 0.25) is 0 Å². The van der Waals surface area contributed by atoms with Gasteiger partial charge in [-0.25, -0.2) is 9.18 Å². The molecule has 1 atom stereocenters. The predicted octanol–water partition coefficient (Wildman–Crippen LogP) is 2.64. The van der Waals surface area contributed by atoms with E-state index in [1.54, 1.807) is 12.1 Å². The monoisotopic (exact) mass is 386 g/mol. The van der Waals surface area contributed by atoms with Crippen LogP contribution in [-0.4, -0.2) is 23.5 Å². The number of ether oxygens (including phenoxy) is 1. The molecule has 2 N–H and O–H groups in total. The zero-order chi connectivity index (χ0) is 19.2. The fourth-order valence-electron chi connectivity index (χ4n) is 2.42. The van der Waals surface area contributed by atoms with Crippen molar-refractivity contribution >= 4 is 23.2 Å². The number of rotatable bonds is 6. The molecular formula is C19H15FN2O4S. The molecule has 2 heterocycles. The predicted molar refractivity (Wildman–Crippen MR) is 98.0 cm³/mol. The Morgan fingerprint density at radius 1 is 1.15 bits per heavy atom. The summed E-state index contributed by atoms with van der Waals surface area (Å²) in [5, 5.41) is 4.62. The molecule has 138 valence electrons. The number of thiophene rings is 1. The van der Waals surface area contributed by atoms with Crippen LogP contribution in [0.5, 0.6) is 0 Å². The summed E-state index contributed by atoms with van der Waals surface area (Å²) in [5.41, 5.74) is -0.0812. The molecule has 0 saturated carbocycles. The van der Waals surface area contributed by atoms with E-state index in [1.165, 1.54) is 41.8 Å². The van der Waals surface area contributed by atoms with E-state index in [2.05, 4.69) is 10.3 Å². The summed E-state index contributed by atoms with van der Waals surface area (Å²) in [5.74, 6) is -1.81. The summed E-state index contributed by atoms with van der Waals surface area (Å²) in [6.45, 7) is -0.545. The zero-order valence-electron chi connectivity index (χ0n) is 14.0. The maximum Gasteiger partial charge on any atom is 0.344 e. The second-order valence-electron chi connectivity index (χ2n) is 5.56. The van der Waals surface area contributed by atoms with Gasteiger partial charge in [0.05, 0.1) is 6.04 Å². The molecule has 0 spiro atoms. The second-order valence-corrected chi connectivity index (χ2v) is 6.54. The van der Waals surface area contributed by atoms with E-state index < -0.39 is 30.1 Å². The summed E-state index contributed by atoms with van der Waals surface area (Å²) in [4.78, 5) is 39.0. The van der Waals surface area contributed by atoms with Crippen LogP contribution < -0.4 is 10.9 Å². The van der Waals surface area contributed by atoms with Crippen LogP contribution in [-0.2, 0) is 9.53 Å². The Labute approximate surface area is 157 Å². The number of halogens is 1. The summed E-state index contributed by atoms with van der Waals surface area (Å²) in [6.07, 6.45) is 1.39. The molecule has 1 aromatic carbocycles. The lowest BCUT2D eigenvalue weighted by molar-refractivity contribution is -0.124. The van der Waals surface area contributed by atoms with Crippen LogP contribution in [0.4, 0.5) is 4.39 Å². The lowest BCUT2D eigenvalue weighted by atomic mass is 10.1. The summed E-state index contributed by atoms with van der Waals surface area (Å²) >= 11 is 1.43. The molecule has 3 rings (SSSR count). The van der Waals surface area contributed by atoms with Crippen LogP contribution in [0.15, 0.2) is 64.9 Å². The van der Waals surface area contributed by atoms with Crippen molar-refractivity contribution in [3.8, 4) is 0 Å². The minimum atomic E-state index is -0.888. The van der Waals surface area contributed by atoms with Gasteiger partial charge >= 0.3 is 5.97 Å². The van der Waals surface area contributed by atoms with Crippen molar-refractivity contribution in [2.45, 2.75) is 6.04 Å². The van der Waals surface area contributed by atoms with E-state index in [9.17, 15) is 18.8 Å². The van der Waals surface area contributed by atoms with Crippen molar-refractivity contribution in [3.63, 3.8) is 0 Å². The SMILES string of the molecule is O=C(COC(=O)c1ccc[nH]c1=O)N[C@H](c1ccc(F)cc1)c1cccs1. The van der Waals surface area contributed by atoms with Gasteiger partial charge in [-0.3, -0.25) is 9.59 Å². The highest BCUT2D eigenvalue weighted by atomic mass is 32.1. The Morgan fingerprint density at radius 2 is 1.93 bits per heavy atom. The van der Waals surface area contributed by atoms with Crippen LogP contribution >= 0.6 is 11.3 Å². The number of pyridine rings is 1. The Bertz CT molecular complexity index is 983. The van der Waals surface area contributed by atoms with E-state index in [4.69, 9.17) is 4.74 Å². The Balaban J connectivity index is 1.68. The fraction of sp³-hybridized carbons (Fsp3) is 0.105. The number of hydrogen-bond donors (Lipinski definition) is 2. The lowest BCUT2D eigenvalue weighted by Gasteiger charge is -2.18. The normalized spacial score (nSPS) is 11.6. The third-order valence-electron chi connectivity index (χ3n) is 3.71. The number of aromatic nitrogens is 1. The molecule has 0 radical (unpaired) electrons. The first-order chi connectivity index (χ1) is 13.0. The molecule has 2 aromatic heterocycles. The molecule has 0 fully saturated rings. The van der Waals surface area contributed by atoms with E-state index in [-0.39, 0.29) is 11.4 Å². The van der Waals surface area contributed by atoms with Gasteiger partial charge in [-0.15, -0.1) is 11.3 Å². The number of hydrogen-bond acceptors (Lipinski definition) is 5. The Morgan fingerprint density at radius 3 is 2.59 bits per heavy atom. The van der Waals surface area contributed by atoms with E-state index in [0.29, 0.717) is 5.56 Å². The van der Waals surface area contributed by atoms with Crippen molar-refractivity contribution in [2.24, 2.45) is 0 Å². The number of benzene rings is 1. The lowest BCUT2D eigenvalue weighted by Crippen LogP contribution is -2.33. The zero-order valence-corrected chi connectivity index (χ0v) is 14.8. The Hall–Kier alpha value is -3.26. The molecule has 6 nitrogen and oxygen atoms in total. The quantitative estimate of drug-likeness (QED) is 0.638. The van der Waals surface area contributed by atoms with Gasteiger partial charge in [-0.05, 0) is 41.3 Å². The van der Waals surface area contributed by atoms with Crippen molar-refractivity contribution in [1.82, 2.24) is 10.3 Å². The third kappa shape index (κ3) is 4.68. The number of carbonyl (C=O) groups is 2. The smallest absolute Gasteiger partial charge is 0.344 e. The van der Waals surface area contributed by atoms with Gasteiger partial charge in [-0.1, -0.05) is 18.2 Å². The minimum absolute atomic E-state index is 0.182. The van der Waals surface area contributed by atoms with Crippen molar-refractivity contribution in [1.29, 1.82) is 0 Å². The number of esters is 1. The van der Waals surface area contributed by atoms with Crippen LogP contribution in [0.25, 0.3) is 0 Å². The molecular weight excluding hydrogens is 371 g/mol. The first kappa shape index (κ1) is 18.5. The first-order valence-corrected chi connectivity index (χ1v) is 8.85. The van der Waals surface area contributed by atoms with E-state index in [1.807, 2.05) is 17.5 Å². The Kier molecular flexibility index (Phi) is 5.77. The molecule has 27 heavy (non-hydrogen) atoms. The van der Waals surface area contributed by atoms with Gasteiger partial charge in [-0.2, -0.15) is 0 Å². The highest BCUT2D eigenvalue weighted by Gasteiger charge is 2.20. The van der Waals surface area contributed by atoms with Crippen LogP contribution in [0, 0.1) is 5.82 Å². The molecule has 8 heteroatoms. The molecule has 0 saturated heterocycles. The molecule has 0 unspecified atom stereocenters. The minimum Gasteiger partial charge on any atom is -0.452 e. The average Bonchev–Trinajstić information content (AvgIpc) is 3.20. The van der Waals surface area contributed by atoms with Gasteiger partial charge < -0.3 is 15.0 Å². The van der Waals surface area contributed by atoms with Crippen molar-refractivity contribution in [2.75, 3.05) is 6.61 Å². The van der Waals surface area contributed by atoms with Crippen molar-refractivity contribution in [3.05, 3.63) is 92.3 Å². The topological polar surface area (TPSA) is 88.3 Å². The average molecular weight is 386 g/mol. The number of amides is 1. The highest BCUT2D eigenvalue weighted by Crippen LogP contribution is 2.26. The maximum absolute atomic E-state index is 13.2. The summed E-state index contributed by atoms with van der Waals surface area (Å²) < 4.78 is 18.1. The molecule has 3 aromatic rings. The molecule has 0 aliphatic heterocycles. The van der Waals surface area contributed by atoms with E-state index in [0.717, 1.165) is 4.88 Å². The second kappa shape index (κ2) is 8.41. The van der Waals surface area contributed by atoms with Crippen LogP contribution in [0.2, 0.25) is 0 Å². The standard InChI is InChI=1S/C19H15FN2O4S/c20-13-7-5-12(6-8-13)17(15-4-2-10-27-15)22-16(23)11-26-19(25)14-3-1-9-21-18(14)24/h1-10,17H,11H2,(H,21,24)(H,22,23)/t17-/m1/s1. The van der Waals surface area contributed by atoms with Gasteiger partial charge in [0, 0.05) is 11.1 Å². The van der Waals surface area contributed by atoms with Gasteiger partial charge in [0.25, 0.3) is 11.5 Å². The molecule has 1 amide bonds. The van der Waals surface area contributed by atoms with Crippen LogP contribution in [0.1, 0.15) is 26.8 Å². The summed E-state index contributed by atoms with van der Waals surface area (Å²) in [6, 6.07) is 11.8.